The molecular formula is C17H20FNO. The first-order chi connectivity index (χ1) is 9.60. The lowest BCUT2D eigenvalue weighted by Gasteiger charge is -2.14. The quantitative estimate of drug-likeness (QED) is 0.859. The van der Waals surface area contributed by atoms with Crippen LogP contribution in [0.4, 0.5) is 4.39 Å². The van der Waals surface area contributed by atoms with Gasteiger partial charge in [0.15, 0.2) is 11.6 Å². The molecule has 0 heterocycles. The van der Waals surface area contributed by atoms with Gasteiger partial charge in [0.05, 0.1) is 0 Å². The molecule has 2 rings (SSSR count). The van der Waals surface area contributed by atoms with Crippen molar-refractivity contribution < 1.29 is 9.13 Å². The van der Waals surface area contributed by atoms with Gasteiger partial charge in [0.1, 0.15) is 5.75 Å². The minimum absolute atomic E-state index is 0.127. The van der Waals surface area contributed by atoms with Crippen molar-refractivity contribution in [2.75, 3.05) is 6.54 Å². The Hall–Kier alpha value is -1.87. The van der Waals surface area contributed by atoms with Crippen LogP contribution in [-0.2, 0) is 0 Å². The topological polar surface area (TPSA) is 21.3 Å². The van der Waals surface area contributed by atoms with Crippen LogP contribution in [0.1, 0.15) is 31.0 Å². The van der Waals surface area contributed by atoms with E-state index in [1.54, 1.807) is 6.07 Å². The number of nitrogens with one attached hydrogen (secondary N) is 1. The highest BCUT2D eigenvalue weighted by molar-refractivity contribution is 5.36. The van der Waals surface area contributed by atoms with Gasteiger partial charge in [-0.1, -0.05) is 25.1 Å². The summed E-state index contributed by atoms with van der Waals surface area (Å²) in [6, 6.07) is 12.8. The van der Waals surface area contributed by atoms with Gasteiger partial charge in [-0.2, -0.15) is 0 Å². The van der Waals surface area contributed by atoms with E-state index in [-0.39, 0.29) is 17.6 Å². The van der Waals surface area contributed by atoms with E-state index in [2.05, 4.69) is 5.32 Å². The zero-order valence-corrected chi connectivity index (χ0v) is 12.1. The molecule has 0 aromatic heterocycles. The summed E-state index contributed by atoms with van der Waals surface area (Å²) in [6.07, 6.45) is 0. The number of hydrogen-bond acceptors (Lipinski definition) is 2. The molecule has 1 unspecified atom stereocenters. The molecule has 2 aromatic rings. The van der Waals surface area contributed by atoms with Crippen LogP contribution in [0.25, 0.3) is 0 Å². The molecule has 1 atom stereocenters. The molecule has 0 aliphatic rings. The fraction of sp³-hybridized carbons (Fsp3) is 0.294. The van der Waals surface area contributed by atoms with Gasteiger partial charge in [-0.3, -0.25) is 0 Å². The van der Waals surface area contributed by atoms with Crippen LogP contribution in [0, 0.1) is 12.7 Å². The minimum Gasteiger partial charge on any atom is -0.454 e. The van der Waals surface area contributed by atoms with Crippen molar-refractivity contribution in [3.8, 4) is 11.5 Å². The summed E-state index contributed by atoms with van der Waals surface area (Å²) >= 11 is 0. The SMILES string of the molecule is CCNC(C)c1ccc(Oc2cccc(C)c2)c(F)c1. The molecule has 1 N–H and O–H groups in total. The molecular weight excluding hydrogens is 253 g/mol. The minimum atomic E-state index is -0.339. The smallest absolute Gasteiger partial charge is 0.166 e. The van der Waals surface area contributed by atoms with Crippen LogP contribution in [0.5, 0.6) is 11.5 Å². The Kier molecular flexibility index (Phi) is 4.74. The summed E-state index contributed by atoms with van der Waals surface area (Å²) in [5, 5.41) is 3.26. The van der Waals surface area contributed by atoms with Crippen LogP contribution in [-0.4, -0.2) is 6.54 Å². The fourth-order valence-electron chi connectivity index (χ4n) is 2.10. The van der Waals surface area contributed by atoms with Crippen molar-refractivity contribution >= 4 is 0 Å². The lowest BCUT2D eigenvalue weighted by molar-refractivity contribution is 0.440. The highest BCUT2D eigenvalue weighted by atomic mass is 19.1. The predicted octanol–water partition coefficient (Wildman–Crippen LogP) is 4.60. The number of halogens is 1. The fourth-order valence-corrected chi connectivity index (χ4v) is 2.10. The Morgan fingerprint density at radius 2 is 2.00 bits per heavy atom. The van der Waals surface area contributed by atoms with E-state index in [9.17, 15) is 4.39 Å². The third-order valence-electron chi connectivity index (χ3n) is 3.18. The van der Waals surface area contributed by atoms with E-state index < -0.39 is 0 Å². The Morgan fingerprint density at radius 1 is 1.20 bits per heavy atom. The van der Waals surface area contributed by atoms with Gasteiger partial charge in [-0.05, 0) is 55.8 Å². The number of aryl methyl sites for hydroxylation is 1. The van der Waals surface area contributed by atoms with Crippen LogP contribution in [0.3, 0.4) is 0 Å². The number of hydrogen-bond donors (Lipinski definition) is 1. The molecule has 2 nitrogen and oxygen atoms in total. The van der Waals surface area contributed by atoms with E-state index in [1.165, 1.54) is 6.07 Å². The first-order valence-electron chi connectivity index (χ1n) is 6.87. The van der Waals surface area contributed by atoms with Crippen molar-refractivity contribution in [1.82, 2.24) is 5.32 Å². The summed E-state index contributed by atoms with van der Waals surface area (Å²) in [4.78, 5) is 0. The first kappa shape index (κ1) is 14.5. The van der Waals surface area contributed by atoms with Crippen LogP contribution >= 0.6 is 0 Å². The molecule has 106 valence electrons. The molecule has 0 aliphatic carbocycles. The normalized spacial score (nSPS) is 12.2. The maximum absolute atomic E-state index is 14.1. The van der Waals surface area contributed by atoms with Gasteiger partial charge in [-0.15, -0.1) is 0 Å². The van der Waals surface area contributed by atoms with E-state index >= 15 is 0 Å². The average molecular weight is 273 g/mol. The van der Waals surface area contributed by atoms with E-state index in [4.69, 9.17) is 4.74 Å². The molecule has 0 amide bonds. The van der Waals surface area contributed by atoms with Crippen LogP contribution in [0.15, 0.2) is 42.5 Å². The third kappa shape index (κ3) is 3.58. The molecule has 2 aromatic carbocycles. The Bertz CT molecular complexity index is 583. The molecule has 20 heavy (non-hydrogen) atoms. The Balaban J connectivity index is 2.17. The molecule has 0 bridgehead atoms. The van der Waals surface area contributed by atoms with E-state index in [0.717, 1.165) is 17.7 Å². The molecule has 0 spiro atoms. The highest BCUT2D eigenvalue weighted by Gasteiger charge is 2.10. The van der Waals surface area contributed by atoms with Crippen molar-refractivity contribution in [2.45, 2.75) is 26.8 Å². The maximum Gasteiger partial charge on any atom is 0.166 e. The lowest BCUT2D eigenvalue weighted by atomic mass is 10.1. The summed E-state index contributed by atoms with van der Waals surface area (Å²) in [6.45, 7) is 6.87. The largest absolute Gasteiger partial charge is 0.454 e. The van der Waals surface area contributed by atoms with Gasteiger partial charge in [0.2, 0.25) is 0 Å². The second kappa shape index (κ2) is 6.53. The van der Waals surface area contributed by atoms with Gasteiger partial charge in [0.25, 0.3) is 0 Å². The molecule has 0 saturated carbocycles. The van der Waals surface area contributed by atoms with E-state index in [1.807, 2.05) is 51.1 Å². The Morgan fingerprint density at radius 3 is 2.65 bits per heavy atom. The van der Waals surface area contributed by atoms with Crippen molar-refractivity contribution in [1.29, 1.82) is 0 Å². The molecule has 0 aliphatic heterocycles. The number of benzene rings is 2. The monoisotopic (exact) mass is 273 g/mol. The molecule has 3 heteroatoms. The van der Waals surface area contributed by atoms with Crippen molar-refractivity contribution in [3.05, 3.63) is 59.4 Å². The van der Waals surface area contributed by atoms with Gasteiger partial charge < -0.3 is 10.1 Å². The second-order valence-corrected chi connectivity index (χ2v) is 4.89. The average Bonchev–Trinajstić information content (AvgIpc) is 2.41. The van der Waals surface area contributed by atoms with Crippen LogP contribution in [0.2, 0.25) is 0 Å². The first-order valence-corrected chi connectivity index (χ1v) is 6.87. The lowest BCUT2D eigenvalue weighted by Crippen LogP contribution is -2.17. The summed E-state index contributed by atoms with van der Waals surface area (Å²) in [7, 11) is 0. The summed E-state index contributed by atoms with van der Waals surface area (Å²) < 4.78 is 19.7. The summed E-state index contributed by atoms with van der Waals surface area (Å²) in [5.41, 5.74) is 2.00. The van der Waals surface area contributed by atoms with Gasteiger partial charge >= 0.3 is 0 Å². The molecule has 0 saturated heterocycles. The van der Waals surface area contributed by atoms with Gasteiger partial charge in [-0.25, -0.2) is 4.39 Å². The second-order valence-electron chi connectivity index (χ2n) is 4.89. The maximum atomic E-state index is 14.1. The third-order valence-corrected chi connectivity index (χ3v) is 3.18. The van der Waals surface area contributed by atoms with Crippen molar-refractivity contribution in [3.63, 3.8) is 0 Å². The summed E-state index contributed by atoms with van der Waals surface area (Å²) in [5.74, 6) is 0.563. The highest BCUT2D eigenvalue weighted by Crippen LogP contribution is 2.27. The number of ether oxygens (including phenoxy) is 1. The Labute approximate surface area is 119 Å². The van der Waals surface area contributed by atoms with Crippen LogP contribution < -0.4 is 10.1 Å². The van der Waals surface area contributed by atoms with Crippen molar-refractivity contribution in [2.24, 2.45) is 0 Å². The zero-order valence-electron chi connectivity index (χ0n) is 12.1. The van der Waals surface area contributed by atoms with Gasteiger partial charge in [0, 0.05) is 6.04 Å². The van der Waals surface area contributed by atoms with E-state index in [0.29, 0.717) is 5.75 Å². The predicted molar refractivity (Wildman–Crippen MR) is 79.7 cm³/mol. The number of rotatable bonds is 5. The standard InChI is InChI=1S/C17H20FNO/c1-4-19-13(3)14-8-9-17(16(18)11-14)20-15-7-5-6-12(2)10-15/h5-11,13,19H,4H2,1-3H3. The zero-order chi connectivity index (χ0) is 14.5. The molecule has 0 radical (unpaired) electrons. The molecule has 0 fully saturated rings.